The number of halogens is 1. The number of carbonyl (C=O) groups excluding carboxylic acids is 1. The molecule has 0 heterocycles. The molecule has 2 aromatic rings. The second-order valence-electron chi connectivity index (χ2n) is 6.57. The first-order chi connectivity index (χ1) is 13.3. The third-order valence-electron chi connectivity index (χ3n) is 4.54. The largest absolute Gasteiger partial charge is 0.382 e. The quantitative estimate of drug-likeness (QED) is 0.439. The van der Waals surface area contributed by atoms with E-state index in [-0.39, 0.29) is 23.5 Å². The van der Waals surface area contributed by atoms with Gasteiger partial charge in [-0.1, -0.05) is 49.4 Å². The predicted molar refractivity (Wildman–Crippen MR) is 112 cm³/mol. The molecule has 1 amide bonds. The lowest BCUT2D eigenvalue weighted by Gasteiger charge is -2.30. The molecule has 152 valence electrons. The first-order valence-corrected chi connectivity index (χ1v) is 11.3. The number of nitrogens with zero attached hydrogens (tertiary/aromatic N) is 1. The van der Waals surface area contributed by atoms with E-state index in [1.807, 2.05) is 50.2 Å². The van der Waals surface area contributed by atoms with Crippen LogP contribution in [-0.4, -0.2) is 31.0 Å². The lowest BCUT2D eigenvalue weighted by Crippen LogP contribution is -2.39. The van der Waals surface area contributed by atoms with E-state index in [1.54, 1.807) is 23.1 Å². The van der Waals surface area contributed by atoms with Gasteiger partial charge in [-0.05, 0) is 43.5 Å². The number of hydrogen-bond donors (Lipinski definition) is 0. The Morgan fingerprint density at radius 3 is 2.39 bits per heavy atom. The monoisotopic (exact) mass is 423 g/mol. The summed E-state index contributed by atoms with van der Waals surface area (Å²) in [5, 5.41) is -0.782. The highest BCUT2D eigenvalue weighted by atomic mass is 35.5. The van der Waals surface area contributed by atoms with Crippen molar-refractivity contribution in [3.05, 3.63) is 65.7 Å². The van der Waals surface area contributed by atoms with E-state index in [0.29, 0.717) is 6.54 Å². The molecule has 5 nitrogen and oxygen atoms in total. The molecule has 0 saturated heterocycles. The van der Waals surface area contributed by atoms with Gasteiger partial charge in [0, 0.05) is 12.6 Å². The predicted octanol–water partition coefficient (Wildman–Crippen LogP) is 4.52. The van der Waals surface area contributed by atoms with Crippen LogP contribution in [0.25, 0.3) is 0 Å². The van der Waals surface area contributed by atoms with Crippen molar-refractivity contribution in [2.24, 2.45) is 0 Å². The fourth-order valence-electron chi connectivity index (χ4n) is 2.68. The van der Waals surface area contributed by atoms with Gasteiger partial charge in [-0.25, -0.2) is 0 Å². The smallest absolute Gasteiger partial charge is 0.308 e. The van der Waals surface area contributed by atoms with Gasteiger partial charge in [0.2, 0.25) is 5.91 Å². The summed E-state index contributed by atoms with van der Waals surface area (Å²) < 4.78 is 28.5. The van der Waals surface area contributed by atoms with Gasteiger partial charge in [0.1, 0.15) is 11.1 Å². The van der Waals surface area contributed by atoms with Crippen LogP contribution in [0, 0.1) is 0 Å². The Morgan fingerprint density at radius 2 is 1.79 bits per heavy atom. The van der Waals surface area contributed by atoms with Crippen molar-refractivity contribution in [2.45, 2.75) is 45.2 Å². The van der Waals surface area contributed by atoms with E-state index in [4.69, 9.17) is 15.8 Å². The molecule has 0 radical (unpaired) electrons. The Kier molecular flexibility index (Phi) is 7.89. The van der Waals surface area contributed by atoms with Crippen LogP contribution in [0.15, 0.2) is 54.6 Å². The lowest BCUT2D eigenvalue weighted by atomic mass is 10.1. The first kappa shape index (κ1) is 22.2. The lowest BCUT2D eigenvalue weighted by molar-refractivity contribution is -0.133. The average Bonchev–Trinajstić information content (AvgIpc) is 2.71. The molecule has 2 aromatic carbocycles. The van der Waals surface area contributed by atoms with Gasteiger partial charge in [-0.3, -0.25) is 4.79 Å². The summed E-state index contributed by atoms with van der Waals surface area (Å²) in [6.07, 6.45) is 0.768. The molecule has 0 aromatic heterocycles. The molecule has 0 aliphatic heterocycles. The fourth-order valence-corrected chi connectivity index (χ4v) is 3.46. The first-order valence-electron chi connectivity index (χ1n) is 9.28. The molecule has 0 saturated carbocycles. The number of carbonyl (C=O) groups is 1. The normalized spacial score (nSPS) is 13.6. The second kappa shape index (κ2) is 9.94. The minimum absolute atomic E-state index is 0.0265. The molecule has 0 bridgehead atoms. The fraction of sp³-hybridized carbons (Fsp3) is 0.381. The number of amides is 1. The molecule has 2 rings (SSSR count). The number of hydrogen-bond acceptors (Lipinski definition) is 4. The zero-order chi connectivity index (χ0) is 20.7. The zero-order valence-corrected chi connectivity index (χ0v) is 17.9. The summed E-state index contributed by atoms with van der Waals surface area (Å²) in [5.74, 6) is -0.0595. The van der Waals surface area contributed by atoms with Crippen molar-refractivity contribution in [1.82, 2.24) is 4.90 Å². The third kappa shape index (κ3) is 5.97. The number of benzene rings is 2. The summed E-state index contributed by atoms with van der Waals surface area (Å²) >= 11 is 6.46. The van der Waals surface area contributed by atoms with E-state index >= 15 is 0 Å². The van der Waals surface area contributed by atoms with Crippen molar-refractivity contribution in [3.8, 4) is 5.75 Å². The second-order valence-corrected chi connectivity index (χ2v) is 8.87. The van der Waals surface area contributed by atoms with Gasteiger partial charge < -0.3 is 9.08 Å². The van der Waals surface area contributed by atoms with E-state index in [2.05, 4.69) is 0 Å². The van der Waals surface area contributed by atoms with Crippen LogP contribution in [0.3, 0.4) is 0 Å². The van der Waals surface area contributed by atoms with Crippen LogP contribution in [0.2, 0.25) is 0 Å². The van der Waals surface area contributed by atoms with Crippen LogP contribution < -0.4 is 4.18 Å². The Hall–Kier alpha value is -2.05. The Bertz CT molecular complexity index is 886. The van der Waals surface area contributed by atoms with Crippen molar-refractivity contribution in [3.63, 3.8) is 0 Å². The van der Waals surface area contributed by atoms with E-state index in [9.17, 15) is 13.2 Å². The molecule has 0 N–H and O–H groups in total. The maximum Gasteiger partial charge on any atom is 0.308 e. The van der Waals surface area contributed by atoms with E-state index in [0.717, 1.165) is 17.5 Å². The summed E-state index contributed by atoms with van der Waals surface area (Å²) in [5.41, 5.74) is 1.52. The average molecular weight is 424 g/mol. The van der Waals surface area contributed by atoms with Crippen molar-refractivity contribution in [1.29, 1.82) is 0 Å². The standard InChI is InChI=1S/C21H26ClNO4S/c1-4-16(3)23(21(24)20(22)18-11-7-6-8-12-18)15-17-10-9-13-19(14-17)27-28(25,26)5-2/h6-14,16,20H,4-5,15H2,1-3H3/t16-,20+/m1/s1. The summed E-state index contributed by atoms with van der Waals surface area (Å²) in [4.78, 5) is 14.8. The summed E-state index contributed by atoms with van der Waals surface area (Å²) in [6.45, 7) is 5.80. The Labute approximate surface area is 172 Å². The summed E-state index contributed by atoms with van der Waals surface area (Å²) in [7, 11) is -3.61. The molecule has 0 aliphatic rings. The number of rotatable bonds is 9. The Morgan fingerprint density at radius 1 is 1.11 bits per heavy atom. The molecule has 0 spiro atoms. The molecule has 0 aliphatic carbocycles. The molecular formula is C21H26ClNO4S. The molecule has 2 atom stereocenters. The summed E-state index contributed by atoms with van der Waals surface area (Å²) in [6, 6.07) is 16.0. The van der Waals surface area contributed by atoms with Crippen LogP contribution in [0.4, 0.5) is 0 Å². The molecule has 28 heavy (non-hydrogen) atoms. The van der Waals surface area contributed by atoms with Gasteiger partial charge in [0.05, 0.1) is 5.75 Å². The topological polar surface area (TPSA) is 63.7 Å². The van der Waals surface area contributed by atoms with Gasteiger partial charge in [-0.15, -0.1) is 11.6 Å². The third-order valence-corrected chi connectivity index (χ3v) is 6.14. The van der Waals surface area contributed by atoms with Crippen molar-refractivity contribution < 1.29 is 17.4 Å². The van der Waals surface area contributed by atoms with Crippen LogP contribution in [0.1, 0.15) is 43.7 Å². The molecule has 0 fully saturated rings. The van der Waals surface area contributed by atoms with Crippen LogP contribution >= 0.6 is 11.6 Å². The number of alkyl halides is 1. The van der Waals surface area contributed by atoms with Crippen molar-refractivity contribution in [2.75, 3.05) is 5.75 Å². The van der Waals surface area contributed by atoms with Crippen LogP contribution in [0.5, 0.6) is 5.75 Å². The SMILES string of the molecule is CC[C@@H](C)N(Cc1cccc(OS(=O)(=O)CC)c1)C(=O)[C@@H](Cl)c1ccccc1. The zero-order valence-electron chi connectivity index (χ0n) is 16.3. The van der Waals surface area contributed by atoms with Gasteiger partial charge in [0.15, 0.2) is 0 Å². The molecular weight excluding hydrogens is 398 g/mol. The maximum absolute atomic E-state index is 13.1. The minimum atomic E-state index is -3.61. The van der Waals surface area contributed by atoms with Gasteiger partial charge >= 0.3 is 10.1 Å². The maximum atomic E-state index is 13.1. The van der Waals surface area contributed by atoms with E-state index in [1.165, 1.54) is 6.92 Å². The van der Waals surface area contributed by atoms with Crippen molar-refractivity contribution >= 4 is 27.6 Å². The Balaban J connectivity index is 2.24. The highest BCUT2D eigenvalue weighted by Crippen LogP contribution is 2.26. The molecule has 7 heteroatoms. The van der Waals surface area contributed by atoms with Gasteiger partial charge in [0.25, 0.3) is 0 Å². The van der Waals surface area contributed by atoms with Gasteiger partial charge in [-0.2, -0.15) is 8.42 Å². The highest BCUT2D eigenvalue weighted by molar-refractivity contribution is 7.87. The van der Waals surface area contributed by atoms with Crippen LogP contribution in [-0.2, 0) is 21.5 Å². The molecule has 0 unspecified atom stereocenters. The highest BCUT2D eigenvalue weighted by Gasteiger charge is 2.27. The minimum Gasteiger partial charge on any atom is -0.382 e. The van der Waals surface area contributed by atoms with E-state index < -0.39 is 15.5 Å².